The zero-order chi connectivity index (χ0) is 15.1. The van der Waals surface area contributed by atoms with Gasteiger partial charge in [0.1, 0.15) is 6.61 Å². The van der Waals surface area contributed by atoms with Crippen LogP contribution in [0.3, 0.4) is 0 Å². The molecule has 0 fully saturated rings. The number of amides is 1. The number of aryl methyl sites for hydroxylation is 1. The highest BCUT2D eigenvalue weighted by Gasteiger charge is 2.09. The van der Waals surface area contributed by atoms with E-state index in [2.05, 4.69) is 22.1 Å². The van der Waals surface area contributed by atoms with Crippen molar-refractivity contribution in [3.05, 3.63) is 65.0 Å². The van der Waals surface area contributed by atoms with E-state index in [4.69, 9.17) is 5.11 Å². The first-order chi connectivity index (χ1) is 10.2. The summed E-state index contributed by atoms with van der Waals surface area (Å²) in [5.74, 6) is 5.05. The summed E-state index contributed by atoms with van der Waals surface area (Å²) in [5, 5.41) is 11.6. The molecule has 0 aliphatic carbocycles. The summed E-state index contributed by atoms with van der Waals surface area (Å²) in [6.45, 7) is 2.21. The second kappa shape index (κ2) is 7.22. The van der Waals surface area contributed by atoms with Crippen LogP contribution in [0.15, 0.2) is 42.7 Å². The molecule has 4 heteroatoms. The standard InChI is InChI=1S/C17H16N2O2/c1-13-4-2-5-14(10-13)11-19-17(21)16-7-8-18-12-15(16)6-3-9-20/h2,4-5,7-8,10,12,20H,9,11H2,1H3,(H,19,21). The van der Waals surface area contributed by atoms with Crippen LogP contribution in [0.1, 0.15) is 27.0 Å². The summed E-state index contributed by atoms with van der Waals surface area (Å²) in [7, 11) is 0. The quantitative estimate of drug-likeness (QED) is 0.841. The highest BCUT2D eigenvalue weighted by molar-refractivity contribution is 5.96. The first-order valence-electron chi connectivity index (χ1n) is 6.58. The summed E-state index contributed by atoms with van der Waals surface area (Å²) in [6, 6.07) is 9.58. The molecule has 0 aliphatic heterocycles. The van der Waals surface area contributed by atoms with Crippen molar-refractivity contribution in [2.45, 2.75) is 13.5 Å². The van der Waals surface area contributed by atoms with E-state index in [1.165, 1.54) is 6.20 Å². The third-order valence-corrected chi connectivity index (χ3v) is 2.90. The molecule has 1 amide bonds. The first kappa shape index (κ1) is 14.8. The third kappa shape index (κ3) is 4.16. The Hall–Kier alpha value is -2.64. The smallest absolute Gasteiger partial charge is 0.252 e. The molecule has 0 aliphatic rings. The van der Waals surface area contributed by atoms with Gasteiger partial charge in [0.15, 0.2) is 0 Å². The number of hydrogen-bond donors (Lipinski definition) is 2. The molecule has 1 aromatic carbocycles. The molecule has 2 rings (SSSR count). The van der Waals surface area contributed by atoms with Gasteiger partial charge in [-0.3, -0.25) is 9.78 Å². The molecular formula is C17H16N2O2. The van der Waals surface area contributed by atoms with Gasteiger partial charge in [0.2, 0.25) is 0 Å². The number of nitrogens with zero attached hydrogens (tertiary/aromatic N) is 1. The van der Waals surface area contributed by atoms with Gasteiger partial charge in [0.25, 0.3) is 5.91 Å². The van der Waals surface area contributed by atoms with Gasteiger partial charge in [0.05, 0.1) is 11.1 Å². The van der Waals surface area contributed by atoms with Gasteiger partial charge in [-0.1, -0.05) is 41.7 Å². The highest BCUT2D eigenvalue weighted by atomic mass is 16.2. The minimum absolute atomic E-state index is 0.207. The number of carbonyl (C=O) groups excluding carboxylic acids is 1. The number of nitrogens with one attached hydrogen (secondary N) is 1. The molecule has 0 bridgehead atoms. The maximum absolute atomic E-state index is 12.2. The van der Waals surface area contributed by atoms with Gasteiger partial charge >= 0.3 is 0 Å². The van der Waals surface area contributed by atoms with Crippen molar-refractivity contribution in [2.75, 3.05) is 6.61 Å². The van der Waals surface area contributed by atoms with E-state index < -0.39 is 0 Å². The Morgan fingerprint density at radius 2 is 2.24 bits per heavy atom. The van der Waals surface area contributed by atoms with Crippen LogP contribution < -0.4 is 5.32 Å². The zero-order valence-corrected chi connectivity index (χ0v) is 11.8. The van der Waals surface area contributed by atoms with Gasteiger partial charge in [-0.05, 0) is 18.6 Å². The lowest BCUT2D eigenvalue weighted by atomic mass is 10.1. The second-order valence-corrected chi connectivity index (χ2v) is 4.55. The summed E-state index contributed by atoms with van der Waals surface area (Å²) in [6.07, 6.45) is 3.07. The lowest BCUT2D eigenvalue weighted by Crippen LogP contribution is -2.23. The van der Waals surface area contributed by atoms with E-state index in [9.17, 15) is 4.79 Å². The van der Waals surface area contributed by atoms with Crippen molar-refractivity contribution >= 4 is 5.91 Å². The monoisotopic (exact) mass is 280 g/mol. The molecule has 2 aromatic rings. The molecule has 1 heterocycles. The largest absolute Gasteiger partial charge is 0.384 e. The minimum Gasteiger partial charge on any atom is -0.384 e. The van der Waals surface area contributed by atoms with E-state index in [1.807, 2.05) is 31.2 Å². The zero-order valence-electron chi connectivity index (χ0n) is 11.8. The van der Waals surface area contributed by atoms with Crippen LogP contribution in [0.25, 0.3) is 0 Å². The van der Waals surface area contributed by atoms with Crippen LogP contribution in [-0.2, 0) is 6.54 Å². The molecule has 0 unspecified atom stereocenters. The Balaban J connectivity index is 2.10. The normalized spacial score (nSPS) is 9.62. The first-order valence-corrected chi connectivity index (χ1v) is 6.58. The van der Waals surface area contributed by atoms with Gasteiger partial charge < -0.3 is 10.4 Å². The number of rotatable bonds is 3. The number of aliphatic hydroxyl groups is 1. The van der Waals surface area contributed by atoms with Crippen LogP contribution in [0.2, 0.25) is 0 Å². The predicted octanol–water partition coefficient (Wildman–Crippen LogP) is 1.66. The van der Waals surface area contributed by atoms with Crippen molar-refractivity contribution in [3.63, 3.8) is 0 Å². The molecule has 4 nitrogen and oxygen atoms in total. The average Bonchev–Trinajstić information content (AvgIpc) is 2.51. The van der Waals surface area contributed by atoms with Crippen molar-refractivity contribution in [3.8, 4) is 11.8 Å². The van der Waals surface area contributed by atoms with E-state index in [0.29, 0.717) is 17.7 Å². The fraction of sp³-hybridized carbons (Fsp3) is 0.176. The van der Waals surface area contributed by atoms with Crippen molar-refractivity contribution in [1.29, 1.82) is 0 Å². The Morgan fingerprint density at radius 1 is 1.38 bits per heavy atom. The van der Waals surface area contributed by atoms with Gasteiger partial charge in [0, 0.05) is 18.9 Å². The van der Waals surface area contributed by atoms with E-state index in [1.54, 1.807) is 12.3 Å². The van der Waals surface area contributed by atoms with Crippen LogP contribution >= 0.6 is 0 Å². The fourth-order valence-corrected chi connectivity index (χ4v) is 1.93. The van der Waals surface area contributed by atoms with Gasteiger partial charge in [-0.2, -0.15) is 0 Å². The Morgan fingerprint density at radius 3 is 3.00 bits per heavy atom. The van der Waals surface area contributed by atoms with Crippen LogP contribution in [0.4, 0.5) is 0 Å². The number of carbonyl (C=O) groups is 1. The molecule has 0 radical (unpaired) electrons. The molecule has 1 aromatic heterocycles. The summed E-state index contributed by atoms with van der Waals surface area (Å²) < 4.78 is 0. The van der Waals surface area contributed by atoms with Gasteiger partial charge in [-0.15, -0.1) is 0 Å². The van der Waals surface area contributed by atoms with Crippen LogP contribution in [-0.4, -0.2) is 22.6 Å². The maximum Gasteiger partial charge on any atom is 0.252 e. The third-order valence-electron chi connectivity index (χ3n) is 2.90. The number of pyridine rings is 1. The summed E-state index contributed by atoms with van der Waals surface area (Å²) in [5.41, 5.74) is 3.16. The summed E-state index contributed by atoms with van der Waals surface area (Å²) >= 11 is 0. The molecule has 0 atom stereocenters. The van der Waals surface area contributed by atoms with Crippen molar-refractivity contribution < 1.29 is 9.90 Å². The van der Waals surface area contributed by atoms with Crippen molar-refractivity contribution in [1.82, 2.24) is 10.3 Å². The number of hydrogen-bond acceptors (Lipinski definition) is 3. The summed E-state index contributed by atoms with van der Waals surface area (Å²) in [4.78, 5) is 16.2. The molecular weight excluding hydrogens is 264 g/mol. The Labute approximate surface area is 123 Å². The SMILES string of the molecule is Cc1cccc(CNC(=O)c2ccncc2C#CCO)c1. The Kier molecular flexibility index (Phi) is 5.08. The van der Waals surface area contributed by atoms with E-state index >= 15 is 0 Å². The molecule has 0 saturated heterocycles. The molecule has 2 N–H and O–H groups in total. The molecule has 0 saturated carbocycles. The van der Waals surface area contributed by atoms with Gasteiger partial charge in [-0.25, -0.2) is 0 Å². The maximum atomic E-state index is 12.2. The average molecular weight is 280 g/mol. The number of aromatic nitrogens is 1. The predicted molar refractivity (Wildman–Crippen MR) is 80.6 cm³/mol. The van der Waals surface area contributed by atoms with Crippen molar-refractivity contribution in [2.24, 2.45) is 0 Å². The Bertz CT molecular complexity index is 699. The lowest BCUT2D eigenvalue weighted by molar-refractivity contribution is 0.0950. The highest BCUT2D eigenvalue weighted by Crippen LogP contribution is 2.07. The van der Waals surface area contributed by atoms with Crippen LogP contribution in [0.5, 0.6) is 0 Å². The number of benzene rings is 1. The fourth-order valence-electron chi connectivity index (χ4n) is 1.93. The topological polar surface area (TPSA) is 62.2 Å². The number of aliphatic hydroxyl groups excluding tert-OH is 1. The van der Waals surface area contributed by atoms with E-state index in [-0.39, 0.29) is 12.5 Å². The second-order valence-electron chi connectivity index (χ2n) is 4.55. The lowest BCUT2D eigenvalue weighted by Gasteiger charge is -2.07. The minimum atomic E-state index is -0.251. The molecule has 21 heavy (non-hydrogen) atoms. The molecule has 0 spiro atoms. The molecule has 106 valence electrons. The van der Waals surface area contributed by atoms with Crippen LogP contribution in [0, 0.1) is 18.8 Å². The van der Waals surface area contributed by atoms with E-state index in [0.717, 1.165) is 11.1 Å².